The number of carbonyl (C=O) groups excluding carboxylic acids is 2. The molecule has 3 aromatic rings. The third kappa shape index (κ3) is 3.98. The Morgan fingerprint density at radius 2 is 1.82 bits per heavy atom. The molecule has 0 spiro atoms. The molecule has 6 nitrogen and oxygen atoms in total. The van der Waals surface area contributed by atoms with Crippen molar-refractivity contribution in [2.24, 2.45) is 0 Å². The first kappa shape index (κ1) is 22.2. The van der Waals surface area contributed by atoms with Gasteiger partial charge in [0.1, 0.15) is 17.3 Å². The molecule has 0 aliphatic carbocycles. The van der Waals surface area contributed by atoms with Gasteiger partial charge in [0.25, 0.3) is 11.7 Å². The standard InChI is InChI=1S/C26H23FN2O4/c1-15-13-21(33-3)16(2)12-19(15)24(30)22-23(18-9-4-5-10-20(18)27)29(26(32)25(22)31)14-17-8-6-7-11-28-17/h4-13,23,30H,14H2,1-3H3/b24-22+. The molecule has 1 amide bonds. The number of aliphatic hydroxyl groups is 1. The smallest absolute Gasteiger partial charge is 0.296 e. The maximum atomic E-state index is 14.9. The highest BCUT2D eigenvalue weighted by molar-refractivity contribution is 6.46. The van der Waals surface area contributed by atoms with E-state index in [0.717, 1.165) is 5.56 Å². The summed E-state index contributed by atoms with van der Waals surface area (Å²) in [5.41, 5.74) is 2.28. The third-order valence-electron chi connectivity index (χ3n) is 5.80. The first-order valence-electron chi connectivity index (χ1n) is 10.4. The molecular weight excluding hydrogens is 423 g/mol. The van der Waals surface area contributed by atoms with Crippen LogP contribution in [-0.2, 0) is 16.1 Å². The van der Waals surface area contributed by atoms with Crippen LogP contribution in [0.25, 0.3) is 5.76 Å². The summed E-state index contributed by atoms with van der Waals surface area (Å²) in [5.74, 6) is -1.99. The summed E-state index contributed by atoms with van der Waals surface area (Å²) in [7, 11) is 1.54. The van der Waals surface area contributed by atoms with Crippen molar-refractivity contribution in [3.63, 3.8) is 0 Å². The number of carbonyl (C=O) groups is 2. The highest BCUT2D eigenvalue weighted by atomic mass is 19.1. The molecule has 2 aromatic carbocycles. The van der Waals surface area contributed by atoms with Crippen molar-refractivity contribution in [3.8, 4) is 5.75 Å². The van der Waals surface area contributed by atoms with E-state index in [9.17, 15) is 19.1 Å². The minimum atomic E-state index is -1.10. The lowest BCUT2D eigenvalue weighted by Gasteiger charge is -2.25. The predicted molar refractivity (Wildman–Crippen MR) is 121 cm³/mol. The van der Waals surface area contributed by atoms with Gasteiger partial charge < -0.3 is 14.7 Å². The van der Waals surface area contributed by atoms with Crippen LogP contribution in [0, 0.1) is 19.7 Å². The molecule has 1 fully saturated rings. The number of pyridine rings is 1. The Labute approximate surface area is 191 Å². The summed E-state index contributed by atoms with van der Waals surface area (Å²) in [6.07, 6.45) is 1.58. The number of methoxy groups -OCH3 is 1. The zero-order chi connectivity index (χ0) is 23.7. The van der Waals surface area contributed by atoms with Crippen LogP contribution < -0.4 is 4.74 Å². The van der Waals surface area contributed by atoms with Crippen LogP contribution in [0.4, 0.5) is 4.39 Å². The molecule has 1 aliphatic rings. The largest absolute Gasteiger partial charge is 0.507 e. The summed E-state index contributed by atoms with van der Waals surface area (Å²) in [5, 5.41) is 11.3. The van der Waals surface area contributed by atoms with Crippen LogP contribution in [0.3, 0.4) is 0 Å². The summed E-state index contributed by atoms with van der Waals surface area (Å²) in [6, 6.07) is 13.5. The normalized spacial score (nSPS) is 17.5. The van der Waals surface area contributed by atoms with Crippen LogP contribution in [0.2, 0.25) is 0 Å². The molecule has 1 atom stereocenters. The van der Waals surface area contributed by atoms with Crippen molar-refractivity contribution < 1.29 is 23.8 Å². The van der Waals surface area contributed by atoms with E-state index in [2.05, 4.69) is 4.98 Å². The van der Waals surface area contributed by atoms with Crippen LogP contribution in [0.15, 0.2) is 66.4 Å². The average Bonchev–Trinajstić information content (AvgIpc) is 3.05. The Hall–Kier alpha value is -4.00. The zero-order valence-electron chi connectivity index (χ0n) is 18.5. The molecule has 1 saturated heterocycles. The van der Waals surface area contributed by atoms with E-state index < -0.39 is 23.5 Å². The number of ketones is 1. The van der Waals surface area contributed by atoms with Gasteiger partial charge in [-0.2, -0.15) is 0 Å². The lowest BCUT2D eigenvalue weighted by molar-refractivity contribution is -0.140. The molecule has 4 rings (SSSR count). The van der Waals surface area contributed by atoms with E-state index in [-0.39, 0.29) is 23.4 Å². The number of aromatic nitrogens is 1. The zero-order valence-corrected chi connectivity index (χ0v) is 18.5. The first-order chi connectivity index (χ1) is 15.8. The number of hydrogen-bond donors (Lipinski definition) is 1. The fourth-order valence-corrected chi connectivity index (χ4v) is 4.14. The van der Waals surface area contributed by atoms with E-state index in [1.165, 1.54) is 23.1 Å². The fraction of sp³-hybridized carbons (Fsp3) is 0.192. The van der Waals surface area contributed by atoms with Crippen molar-refractivity contribution in [2.75, 3.05) is 7.11 Å². The number of halogens is 1. The Kier molecular flexibility index (Phi) is 5.96. The second-order valence-corrected chi connectivity index (χ2v) is 7.91. The second kappa shape index (κ2) is 8.86. The summed E-state index contributed by atoms with van der Waals surface area (Å²) < 4.78 is 20.2. The molecule has 1 aromatic heterocycles. The van der Waals surface area contributed by atoms with E-state index in [0.29, 0.717) is 22.6 Å². The molecule has 168 valence electrons. The lowest BCUT2D eigenvalue weighted by atomic mass is 9.92. The maximum Gasteiger partial charge on any atom is 0.296 e. The van der Waals surface area contributed by atoms with E-state index in [1.54, 1.807) is 56.6 Å². The Balaban J connectivity index is 1.92. The number of ether oxygens (including phenoxy) is 1. The van der Waals surface area contributed by atoms with Gasteiger partial charge in [-0.1, -0.05) is 24.3 Å². The number of likely N-dealkylation sites (tertiary alicyclic amines) is 1. The van der Waals surface area contributed by atoms with E-state index >= 15 is 0 Å². The maximum absolute atomic E-state index is 14.9. The van der Waals surface area contributed by atoms with Gasteiger partial charge in [-0.3, -0.25) is 14.6 Å². The predicted octanol–water partition coefficient (Wildman–Crippen LogP) is 4.47. The van der Waals surface area contributed by atoms with Crippen LogP contribution in [0.1, 0.15) is 34.0 Å². The number of amides is 1. The highest BCUT2D eigenvalue weighted by Crippen LogP contribution is 2.42. The van der Waals surface area contributed by atoms with Crippen LogP contribution >= 0.6 is 0 Å². The Morgan fingerprint density at radius 3 is 2.48 bits per heavy atom. The molecule has 7 heteroatoms. The average molecular weight is 446 g/mol. The van der Waals surface area contributed by atoms with Gasteiger partial charge in [0.05, 0.1) is 31.0 Å². The van der Waals surface area contributed by atoms with Crippen molar-refractivity contribution >= 4 is 17.4 Å². The van der Waals surface area contributed by atoms with Gasteiger partial charge >= 0.3 is 0 Å². The molecule has 1 N–H and O–H groups in total. The third-order valence-corrected chi connectivity index (χ3v) is 5.80. The van der Waals surface area contributed by atoms with E-state index in [4.69, 9.17) is 4.74 Å². The number of aliphatic hydroxyl groups excluding tert-OH is 1. The van der Waals surface area contributed by atoms with Crippen molar-refractivity contribution in [1.82, 2.24) is 9.88 Å². The summed E-state index contributed by atoms with van der Waals surface area (Å²) >= 11 is 0. The van der Waals surface area contributed by atoms with Crippen molar-refractivity contribution in [1.29, 1.82) is 0 Å². The number of Topliss-reactive ketones (excluding diaryl/α,β-unsaturated/α-hetero) is 1. The molecule has 0 saturated carbocycles. The molecule has 1 aliphatic heterocycles. The Bertz CT molecular complexity index is 1270. The fourth-order valence-electron chi connectivity index (χ4n) is 4.14. The Morgan fingerprint density at radius 1 is 1.09 bits per heavy atom. The van der Waals surface area contributed by atoms with Gasteiger partial charge in [-0.25, -0.2) is 4.39 Å². The lowest BCUT2D eigenvalue weighted by Crippen LogP contribution is -2.30. The number of hydrogen-bond acceptors (Lipinski definition) is 5. The molecular formula is C26H23FN2O4. The minimum Gasteiger partial charge on any atom is -0.507 e. The van der Waals surface area contributed by atoms with Gasteiger partial charge in [0.15, 0.2) is 0 Å². The molecule has 1 unspecified atom stereocenters. The minimum absolute atomic E-state index is 0.0121. The number of benzene rings is 2. The molecule has 0 bridgehead atoms. The monoisotopic (exact) mass is 446 g/mol. The second-order valence-electron chi connectivity index (χ2n) is 7.91. The summed E-state index contributed by atoms with van der Waals surface area (Å²) in [4.78, 5) is 31.7. The van der Waals surface area contributed by atoms with Crippen molar-refractivity contribution in [3.05, 3.63) is 100 Å². The van der Waals surface area contributed by atoms with Crippen LogP contribution in [-0.4, -0.2) is 33.8 Å². The van der Waals surface area contributed by atoms with Gasteiger partial charge in [0.2, 0.25) is 0 Å². The first-order valence-corrected chi connectivity index (χ1v) is 10.4. The SMILES string of the molecule is COc1cc(C)c(/C(O)=C2\C(=O)C(=O)N(Cc3ccccn3)C2c2ccccc2F)cc1C. The molecule has 2 heterocycles. The summed E-state index contributed by atoms with van der Waals surface area (Å²) in [6.45, 7) is 3.56. The highest BCUT2D eigenvalue weighted by Gasteiger charge is 2.47. The quantitative estimate of drug-likeness (QED) is 0.355. The van der Waals surface area contributed by atoms with Gasteiger partial charge in [0, 0.05) is 17.3 Å². The van der Waals surface area contributed by atoms with Gasteiger partial charge in [-0.15, -0.1) is 0 Å². The van der Waals surface area contributed by atoms with Crippen molar-refractivity contribution in [2.45, 2.75) is 26.4 Å². The topological polar surface area (TPSA) is 79.7 Å². The van der Waals surface area contributed by atoms with Gasteiger partial charge in [-0.05, 0) is 55.3 Å². The molecule has 33 heavy (non-hydrogen) atoms. The van der Waals surface area contributed by atoms with E-state index in [1.807, 2.05) is 6.92 Å². The number of aryl methyl sites for hydroxylation is 2. The number of nitrogens with zero attached hydrogens (tertiary/aromatic N) is 2. The van der Waals surface area contributed by atoms with Crippen LogP contribution in [0.5, 0.6) is 5.75 Å². The number of rotatable bonds is 5. The molecule has 0 radical (unpaired) electrons.